The van der Waals surface area contributed by atoms with Crippen LogP contribution in [0.25, 0.3) is 0 Å². The Balaban J connectivity index is 2.78. The molecule has 0 aromatic rings. The van der Waals surface area contributed by atoms with Gasteiger partial charge in [0.15, 0.2) is 0 Å². The number of piperidine rings is 1. The number of halogens is 1. The van der Waals surface area contributed by atoms with E-state index in [0.717, 1.165) is 34.4 Å². The summed E-state index contributed by atoms with van der Waals surface area (Å²) in [7, 11) is 0. The Labute approximate surface area is 121 Å². The molecule has 0 radical (unpaired) electrons. The lowest BCUT2D eigenvalue weighted by atomic mass is 10.1. The van der Waals surface area contributed by atoms with Gasteiger partial charge in [-0.1, -0.05) is 6.58 Å². The summed E-state index contributed by atoms with van der Waals surface area (Å²) in [6, 6.07) is 0. The fourth-order valence-corrected chi connectivity index (χ4v) is 2.66. The van der Waals surface area contributed by atoms with E-state index in [1.165, 1.54) is 12.5 Å². The molecular weight excluding hydrogens is 343 g/mol. The summed E-state index contributed by atoms with van der Waals surface area (Å²) < 4.78 is 0.796. The molecule has 0 spiro atoms. The SMILES string of the molecule is C=C1CCCCN1/C(C)=C/C(I)=C\C(=C)[N+](=O)[O-]. The number of nitro groups is 1. The predicted octanol–water partition coefficient (Wildman–Crippen LogP) is 4.00. The van der Waals surface area contributed by atoms with Crippen molar-refractivity contribution in [2.45, 2.75) is 26.2 Å². The molecule has 0 amide bonds. The smallest absolute Gasteiger partial charge is 0.263 e. The third-order valence-electron chi connectivity index (χ3n) is 2.79. The molecule has 1 aliphatic heterocycles. The van der Waals surface area contributed by atoms with Crippen LogP contribution in [0.15, 0.2) is 46.0 Å². The van der Waals surface area contributed by atoms with Crippen molar-refractivity contribution in [1.29, 1.82) is 0 Å². The summed E-state index contributed by atoms with van der Waals surface area (Å²) in [5.74, 6) is 0. The predicted molar refractivity (Wildman–Crippen MR) is 81.7 cm³/mol. The van der Waals surface area contributed by atoms with Gasteiger partial charge in [0, 0.05) is 27.6 Å². The van der Waals surface area contributed by atoms with Crippen molar-refractivity contribution in [3.63, 3.8) is 0 Å². The lowest BCUT2D eigenvalue weighted by molar-refractivity contribution is -0.418. The van der Waals surface area contributed by atoms with Crippen molar-refractivity contribution in [3.8, 4) is 0 Å². The average molecular weight is 360 g/mol. The van der Waals surface area contributed by atoms with Gasteiger partial charge in [-0.2, -0.15) is 0 Å². The van der Waals surface area contributed by atoms with Crippen molar-refractivity contribution >= 4 is 22.6 Å². The Kier molecular flexibility index (Phi) is 5.58. The maximum absolute atomic E-state index is 10.5. The number of rotatable bonds is 4. The maximum atomic E-state index is 10.5. The molecular formula is C13H17IN2O2. The lowest BCUT2D eigenvalue weighted by Gasteiger charge is -2.31. The molecule has 0 aromatic heterocycles. The highest BCUT2D eigenvalue weighted by molar-refractivity contribution is 14.1. The third-order valence-corrected chi connectivity index (χ3v) is 3.41. The lowest BCUT2D eigenvalue weighted by Crippen LogP contribution is -2.25. The van der Waals surface area contributed by atoms with E-state index in [4.69, 9.17) is 0 Å². The van der Waals surface area contributed by atoms with Gasteiger partial charge in [-0.3, -0.25) is 10.1 Å². The third kappa shape index (κ3) is 4.29. The average Bonchev–Trinajstić information content (AvgIpc) is 2.28. The van der Waals surface area contributed by atoms with Crippen molar-refractivity contribution in [2.75, 3.05) is 6.54 Å². The Morgan fingerprint density at radius 2 is 2.17 bits per heavy atom. The second-order valence-electron chi connectivity index (χ2n) is 4.24. The minimum absolute atomic E-state index is 0.0964. The number of allylic oxidation sites excluding steroid dienone is 5. The molecule has 0 aromatic carbocycles. The summed E-state index contributed by atoms with van der Waals surface area (Å²) in [4.78, 5) is 12.2. The Morgan fingerprint density at radius 3 is 2.72 bits per heavy atom. The highest BCUT2D eigenvalue weighted by Crippen LogP contribution is 2.25. The van der Waals surface area contributed by atoms with Crippen molar-refractivity contribution in [2.24, 2.45) is 0 Å². The molecule has 1 heterocycles. The summed E-state index contributed by atoms with van der Waals surface area (Å²) in [5, 5.41) is 10.5. The first-order valence-corrected chi connectivity index (χ1v) is 6.84. The van der Waals surface area contributed by atoms with Crippen LogP contribution >= 0.6 is 22.6 Å². The molecule has 4 nitrogen and oxygen atoms in total. The topological polar surface area (TPSA) is 46.4 Å². The maximum Gasteiger partial charge on any atom is 0.263 e. The van der Waals surface area contributed by atoms with Crippen molar-refractivity contribution in [3.05, 3.63) is 56.1 Å². The number of likely N-dealkylation sites (tertiary alicyclic amines) is 1. The van der Waals surface area contributed by atoms with Crippen LogP contribution in [0.5, 0.6) is 0 Å². The summed E-state index contributed by atoms with van der Waals surface area (Å²) in [6.45, 7) is 10.4. The number of nitrogens with zero attached hydrogens (tertiary/aromatic N) is 2. The highest BCUT2D eigenvalue weighted by atomic mass is 127. The van der Waals surface area contributed by atoms with Crippen LogP contribution in [0.1, 0.15) is 26.2 Å². The zero-order valence-electron chi connectivity index (χ0n) is 10.5. The van der Waals surface area contributed by atoms with Gasteiger partial charge in [0.1, 0.15) is 0 Å². The van der Waals surface area contributed by atoms with E-state index in [9.17, 15) is 10.1 Å². The van der Waals surface area contributed by atoms with Gasteiger partial charge >= 0.3 is 0 Å². The fourth-order valence-electron chi connectivity index (χ4n) is 1.85. The molecule has 1 rings (SSSR count). The second kappa shape index (κ2) is 6.72. The first-order valence-electron chi connectivity index (χ1n) is 5.76. The molecule has 0 bridgehead atoms. The van der Waals surface area contributed by atoms with E-state index in [1.54, 1.807) is 0 Å². The van der Waals surface area contributed by atoms with E-state index in [0.29, 0.717) is 0 Å². The van der Waals surface area contributed by atoms with Crippen LogP contribution in [0.3, 0.4) is 0 Å². The molecule has 0 aliphatic carbocycles. The minimum Gasteiger partial charge on any atom is -0.349 e. The highest BCUT2D eigenvalue weighted by Gasteiger charge is 2.14. The Bertz CT molecular complexity index is 438. The van der Waals surface area contributed by atoms with E-state index < -0.39 is 4.92 Å². The van der Waals surface area contributed by atoms with Gasteiger partial charge in [0.2, 0.25) is 0 Å². The zero-order chi connectivity index (χ0) is 13.7. The Hall–Kier alpha value is -1.11. The quantitative estimate of drug-likeness (QED) is 0.330. The van der Waals surface area contributed by atoms with Gasteiger partial charge in [-0.25, -0.2) is 0 Å². The summed E-state index contributed by atoms with van der Waals surface area (Å²) in [5.41, 5.74) is 2.09. The molecule has 1 fully saturated rings. The first kappa shape index (κ1) is 14.9. The molecule has 0 saturated carbocycles. The molecule has 1 aliphatic rings. The second-order valence-corrected chi connectivity index (χ2v) is 5.48. The molecule has 18 heavy (non-hydrogen) atoms. The molecule has 5 heteroatoms. The van der Waals surface area contributed by atoms with Crippen LogP contribution in [-0.2, 0) is 0 Å². The van der Waals surface area contributed by atoms with E-state index in [-0.39, 0.29) is 5.70 Å². The normalized spacial score (nSPS) is 17.9. The molecule has 98 valence electrons. The first-order chi connectivity index (χ1) is 8.41. The monoisotopic (exact) mass is 360 g/mol. The van der Waals surface area contributed by atoms with E-state index >= 15 is 0 Å². The van der Waals surface area contributed by atoms with E-state index in [1.807, 2.05) is 13.0 Å². The summed E-state index contributed by atoms with van der Waals surface area (Å²) >= 11 is 2.07. The summed E-state index contributed by atoms with van der Waals surface area (Å²) in [6.07, 6.45) is 6.76. The van der Waals surface area contributed by atoms with Crippen molar-refractivity contribution in [1.82, 2.24) is 4.90 Å². The molecule has 0 unspecified atom stereocenters. The Morgan fingerprint density at radius 1 is 1.50 bits per heavy atom. The van der Waals surface area contributed by atoms with Gasteiger partial charge < -0.3 is 4.90 Å². The number of hydrogen-bond donors (Lipinski definition) is 0. The number of hydrogen-bond acceptors (Lipinski definition) is 3. The van der Waals surface area contributed by atoms with Crippen LogP contribution < -0.4 is 0 Å². The van der Waals surface area contributed by atoms with Gasteiger partial charge in [-0.15, -0.1) is 0 Å². The van der Waals surface area contributed by atoms with Gasteiger partial charge in [0.05, 0.1) is 4.92 Å². The van der Waals surface area contributed by atoms with Gasteiger partial charge in [0.25, 0.3) is 5.70 Å². The molecule has 0 atom stereocenters. The van der Waals surface area contributed by atoms with Crippen LogP contribution in [0, 0.1) is 10.1 Å². The standard InChI is InChI=1S/C13H17IN2O2/c1-10-6-4-5-7-15(10)11(2)8-13(14)9-12(3)16(17)18/h8-9H,1,3-7H2,2H3/b11-8+,13-9+. The van der Waals surface area contributed by atoms with Crippen LogP contribution in [-0.4, -0.2) is 16.4 Å². The van der Waals surface area contributed by atoms with Crippen molar-refractivity contribution < 1.29 is 4.92 Å². The molecule has 1 saturated heterocycles. The largest absolute Gasteiger partial charge is 0.349 e. The molecule has 0 N–H and O–H groups in total. The zero-order valence-corrected chi connectivity index (χ0v) is 12.6. The van der Waals surface area contributed by atoms with Gasteiger partial charge in [-0.05, 0) is 61.4 Å². The van der Waals surface area contributed by atoms with Crippen LogP contribution in [0.4, 0.5) is 0 Å². The van der Waals surface area contributed by atoms with Crippen LogP contribution in [0.2, 0.25) is 0 Å². The van der Waals surface area contributed by atoms with E-state index in [2.05, 4.69) is 40.6 Å². The fraction of sp³-hybridized carbons (Fsp3) is 0.385. The minimum atomic E-state index is -0.484.